The number of halogens is 2. The van der Waals surface area contributed by atoms with Crippen molar-refractivity contribution in [1.29, 1.82) is 0 Å². The van der Waals surface area contributed by atoms with E-state index in [0.29, 0.717) is 17.0 Å². The molecule has 0 fully saturated rings. The first-order valence-corrected chi connectivity index (χ1v) is 6.64. The molecule has 3 rings (SSSR count). The first-order valence-electron chi connectivity index (χ1n) is 6.64. The number of nitrogens with zero attached hydrogens (tertiary/aromatic N) is 3. The van der Waals surface area contributed by atoms with Gasteiger partial charge in [0.2, 0.25) is 0 Å². The van der Waals surface area contributed by atoms with Crippen molar-refractivity contribution in [1.82, 2.24) is 14.7 Å². The molecule has 23 heavy (non-hydrogen) atoms. The molecule has 0 saturated heterocycles. The summed E-state index contributed by atoms with van der Waals surface area (Å²) in [6.07, 6.45) is 3.17. The Balaban J connectivity index is 1.86. The Morgan fingerprint density at radius 1 is 1.22 bits per heavy atom. The Bertz CT molecular complexity index is 829. The fraction of sp³-hybridized carbons (Fsp3) is 0.133. The molecule has 0 aliphatic carbocycles. The van der Waals surface area contributed by atoms with Crippen molar-refractivity contribution in [2.75, 3.05) is 0 Å². The maximum atomic E-state index is 12.1. The van der Waals surface area contributed by atoms with Crippen molar-refractivity contribution in [2.45, 2.75) is 13.2 Å². The minimum atomic E-state index is -2.88. The monoisotopic (exact) mass is 319 g/mol. The van der Waals surface area contributed by atoms with E-state index in [-0.39, 0.29) is 12.3 Å². The average molecular weight is 319 g/mol. The van der Waals surface area contributed by atoms with E-state index in [4.69, 9.17) is 4.52 Å². The maximum Gasteiger partial charge on any atom is 0.442 e. The fourth-order valence-corrected chi connectivity index (χ4v) is 2.07. The van der Waals surface area contributed by atoms with Gasteiger partial charge in [0.25, 0.3) is 0 Å². The van der Waals surface area contributed by atoms with E-state index in [9.17, 15) is 13.6 Å². The summed E-state index contributed by atoms with van der Waals surface area (Å²) in [5.74, 6) is -0.221. The number of rotatable bonds is 5. The van der Waals surface area contributed by atoms with Crippen LogP contribution in [-0.4, -0.2) is 21.3 Å². The Labute approximate surface area is 128 Å². The number of ether oxygens (including phenoxy) is 1. The molecule has 2 aromatic heterocycles. The number of pyridine rings is 1. The molecule has 1 aromatic carbocycles. The molecule has 0 N–H and O–H groups in total. The topological polar surface area (TPSA) is 70.2 Å². The van der Waals surface area contributed by atoms with Gasteiger partial charge in [-0.3, -0.25) is 14.1 Å². The standard InChI is InChI=1S/C15H11F2N3O3/c16-14(17)22-12-5-3-10(4-6-12)9-20-13(19-23-15(20)21)11-2-1-7-18-8-11/h1-8,14H,9H2. The number of alkyl halides is 2. The lowest BCUT2D eigenvalue weighted by Crippen LogP contribution is -2.16. The predicted octanol–water partition coefficient (Wildman–Crippen LogP) is 2.55. The molecule has 0 aliphatic heterocycles. The zero-order valence-electron chi connectivity index (χ0n) is 11.7. The largest absolute Gasteiger partial charge is 0.442 e. The molecule has 0 aliphatic rings. The van der Waals surface area contributed by atoms with Crippen LogP contribution in [0.4, 0.5) is 8.78 Å². The van der Waals surface area contributed by atoms with Crippen molar-refractivity contribution in [3.8, 4) is 17.1 Å². The van der Waals surface area contributed by atoms with Crippen LogP contribution in [0.3, 0.4) is 0 Å². The summed E-state index contributed by atoms with van der Waals surface area (Å²) in [6.45, 7) is -2.69. The van der Waals surface area contributed by atoms with E-state index >= 15 is 0 Å². The first-order chi connectivity index (χ1) is 11.1. The highest BCUT2D eigenvalue weighted by atomic mass is 19.3. The molecule has 0 saturated carbocycles. The van der Waals surface area contributed by atoms with E-state index in [0.717, 1.165) is 0 Å². The van der Waals surface area contributed by atoms with Gasteiger partial charge < -0.3 is 4.74 Å². The van der Waals surface area contributed by atoms with Crippen LogP contribution in [0.1, 0.15) is 5.56 Å². The van der Waals surface area contributed by atoms with Crippen LogP contribution < -0.4 is 10.5 Å². The van der Waals surface area contributed by atoms with E-state index in [1.54, 1.807) is 36.7 Å². The quantitative estimate of drug-likeness (QED) is 0.723. The van der Waals surface area contributed by atoms with Crippen molar-refractivity contribution >= 4 is 0 Å². The highest BCUT2D eigenvalue weighted by Crippen LogP contribution is 2.18. The summed E-state index contributed by atoms with van der Waals surface area (Å²) in [7, 11) is 0. The van der Waals surface area contributed by atoms with Gasteiger partial charge in [-0.2, -0.15) is 8.78 Å². The zero-order chi connectivity index (χ0) is 16.2. The molecular weight excluding hydrogens is 308 g/mol. The fourth-order valence-electron chi connectivity index (χ4n) is 2.07. The Morgan fingerprint density at radius 2 is 2.00 bits per heavy atom. The van der Waals surface area contributed by atoms with Gasteiger partial charge in [-0.25, -0.2) is 4.79 Å². The molecular formula is C15H11F2N3O3. The zero-order valence-corrected chi connectivity index (χ0v) is 11.7. The minimum absolute atomic E-state index is 0.0499. The molecule has 0 unspecified atom stereocenters. The first kappa shape index (κ1) is 14.9. The molecule has 0 atom stereocenters. The van der Waals surface area contributed by atoms with Crippen LogP contribution in [0.2, 0.25) is 0 Å². The summed E-state index contributed by atoms with van der Waals surface area (Å²) in [4.78, 5) is 15.8. The van der Waals surface area contributed by atoms with Crippen LogP contribution in [0.25, 0.3) is 11.4 Å². The van der Waals surface area contributed by atoms with E-state index in [2.05, 4.69) is 14.9 Å². The number of benzene rings is 1. The maximum absolute atomic E-state index is 12.1. The van der Waals surface area contributed by atoms with Gasteiger partial charge in [0.1, 0.15) is 5.75 Å². The van der Waals surface area contributed by atoms with Gasteiger partial charge >= 0.3 is 12.4 Å². The summed E-state index contributed by atoms with van der Waals surface area (Å²) >= 11 is 0. The molecule has 0 bridgehead atoms. The second kappa shape index (κ2) is 6.39. The summed E-state index contributed by atoms with van der Waals surface area (Å²) in [5.41, 5.74) is 1.35. The smallest absolute Gasteiger partial charge is 0.435 e. The lowest BCUT2D eigenvalue weighted by atomic mass is 10.2. The second-order valence-corrected chi connectivity index (χ2v) is 4.62. The molecule has 2 heterocycles. The van der Waals surface area contributed by atoms with Crippen molar-refractivity contribution in [3.63, 3.8) is 0 Å². The van der Waals surface area contributed by atoms with Crippen LogP contribution >= 0.6 is 0 Å². The van der Waals surface area contributed by atoms with Crippen molar-refractivity contribution in [3.05, 3.63) is 64.9 Å². The molecule has 3 aromatic rings. The van der Waals surface area contributed by atoms with Crippen LogP contribution in [-0.2, 0) is 6.54 Å². The summed E-state index contributed by atoms with van der Waals surface area (Å²) < 4.78 is 34.6. The average Bonchev–Trinajstić information content (AvgIpc) is 2.91. The highest BCUT2D eigenvalue weighted by molar-refractivity contribution is 5.52. The second-order valence-electron chi connectivity index (χ2n) is 4.62. The van der Waals surface area contributed by atoms with Gasteiger partial charge in [-0.15, -0.1) is 0 Å². The SMILES string of the molecule is O=c1onc(-c2cccnc2)n1Cc1ccc(OC(F)F)cc1. The van der Waals surface area contributed by atoms with Gasteiger partial charge in [-0.05, 0) is 29.8 Å². The van der Waals surface area contributed by atoms with Crippen molar-refractivity contribution < 1.29 is 18.0 Å². The van der Waals surface area contributed by atoms with Crippen LogP contribution in [0.5, 0.6) is 5.75 Å². The number of hydrogen-bond donors (Lipinski definition) is 0. The third-order valence-corrected chi connectivity index (χ3v) is 3.10. The Morgan fingerprint density at radius 3 is 2.65 bits per heavy atom. The van der Waals surface area contributed by atoms with Crippen molar-refractivity contribution in [2.24, 2.45) is 0 Å². The summed E-state index contributed by atoms with van der Waals surface area (Å²) in [5, 5.41) is 3.75. The van der Waals surface area contributed by atoms with E-state index in [1.165, 1.54) is 16.7 Å². The van der Waals surface area contributed by atoms with Crippen LogP contribution in [0, 0.1) is 0 Å². The van der Waals surface area contributed by atoms with Gasteiger partial charge in [-0.1, -0.05) is 17.3 Å². The minimum Gasteiger partial charge on any atom is -0.435 e. The molecule has 0 amide bonds. The van der Waals surface area contributed by atoms with Gasteiger partial charge in [0, 0.05) is 18.0 Å². The molecule has 8 heteroatoms. The number of aromatic nitrogens is 3. The molecule has 6 nitrogen and oxygen atoms in total. The van der Waals surface area contributed by atoms with E-state index < -0.39 is 12.4 Å². The van der Waals surface area contributed by atoms with E-state index in [1.807, 2.05) is 0 Å². The number of hydrogen-bond acceptors (Lipinski definition) is 5. The van der Waals surface area contributed by atoms with Gasteiger partial charge in [0.15, 0.2) is 5.82 Å². The predicted molar refractivity (Wildman–Crippen MR) is 76.2 cm³/mol. The van der Waals surface area contributed by atoms with Crippen LogP contribution in [0.15, 0.2) is 58.1 Å². The molecule has 0 spiro atoms. The van der Waals surface area contributed by atoms with Gasteiger partial charge in [0.05, 0.1) is 6.54 Å². The lowest BCUT2D eigenvalue weighted by molar-refractivity contribution is -0.0498. The third-order valence-electron chi connectivity index (χ3n) is 3.10. The normalized spacial score (nSPS) is 10.9. The Hall–Kier alpha value is -3.03. The highest BCUT2D eigenvalue weighted by Gasteiger charge is 2.13. The molecule has 0 radical (unpaired) electrons. The summed E-state index contributed by atoms with van der Waals surface area (Å²) in [6, 6.07) is 9.46. The Kier molecular flexibility index (Phi) is 4.13. The lowest BCUT2D eigenvalue weighted by Gasteiger charge is -2.07. The third kappa shape index (κ3) is 3.42. The molecule has 118 valence electrons.